The van der Waals surface area contributed by atoms with E-state index in [9.17, 15) is 4.79 Å². The summed E-state index contributed by atoms with van der Waals surface area (Å²) in [5, 5.41) is 1.54. The van der Waals surface area contributed by atoms with Crippen molar-refractivity contribution in [2.45, 2.75) is 38.0 Å². The molecular formula is C21H23N3OS2. The predicted molar refractivity (Wildman–Crippen MR) is 115 cm³/mol. The first-order chi connectivity index (χ1) is 13.1. The van der Waals surface area contributed by atoms with Crippen LogP contribution in [0.1, 0.15) is 24.3 Å². The number of benzene rings is 1. The lowest BCUT2D eigenvalue weighted by atomic mass is 10.0. The zero-order valence-electron chi connectivity index (χ0n) is 15.6. The summed E-state index contributed by atoms with van der Waals surface area (Å²) in [6, 6.07) is 10.3. The van der Waals surface area contributed by atoms with Gasteiger partial charge in [0.2, 0.25) is 0 Å². The van der Waals surface area contributed by atoms with Crippen LogP contribution in [0.3, 0.4) is 0 Å². The topological polar surface area (TPSA) is 38.1 Å². The minimum atomic E-state index is 0.0493. The summed E-state index contributed by atoms with van der Waals surface area (Å²) in [5.41, 5.74) is 2.12. The third-order valence-electron chi connectivity index (χ3n) is 4.95. The van der Waals surface area contributed by atoms with E-state index in [0.717, 1.165) is 46.3 Å². The number of hydrogen-bond donors (Lipinski definition) is 0. The van der Waals surface area contributed by atoms with Crippen LogP contribution in [0.5, 0.6) is 0 Å². The van der Waals surface area contributed by atoms with Crippen LogP contribution in [0.4, 0.5) is 0 Å². The van der Waals surface area contributed by atoms with Crippen LogP contribution in [0.25, 0.3) is 15.9 Å². The van der Waals surface area contributed by atoms with Crippen LogP contribution in [-0.2, 0) is 13.0 Å². The highest BCUT2D eigenvalue weighted by atomic mass is 32.2. The highest BCUT2D eigenvalue weighted by molar-refractivity contribution is 7.99. The van der Waals surface area contributed by atoms with Gasteiger partial charge in [0.25, 0.3) is 5.56 Å². The SMILES string of the molecule is C=CCSc1nc2sc3c(c2c(=O)n1-c1ccccc1)CCN(C(C)C)C3. The zero-order valence-corrected chi connectivity index (χ0v) is 17.3. The third-order valence-corrected chi connectivity index (χ3v) is 6.99. The molecule has 0 saturated heterocycles. The van der Waals surface area contributed by atoms with Gasteiger partial charge in [-0.15, -0.1) is 17.9 Å². The summed E-state index contributed by atoms with van der Waals surface area (Å²) in [6.07, 6.45) is 2.76. The molecule has 3 heterocycles. The first-order valence-electron chi connectivity index (χ1n) is 9.20. The van der Waals surface area contributed by atoms with Crippen molar-refractivity contribution in [2.75, 3.05) is 12.3 Å². The average Bonchev–Trinajstić information content (AvgIpc) is 3.04. The lowest BCUT2D eigenvalue weighted by Crippen LogP contribution is -2.35. The molecule has 0 atom stereocenters. The molecule has 0 saturated carbocycles. The molecule has 0 unspecified atom stereocenters. The second-order valence-electron chi connectivity index (χ2n) is 6.97. The normalized spacial score (nSPS) is 14.6. The molecule has 0 aliphatic carbocycles. The maximum absolute atomic E-state index is 13.5. The highest BCUT2D eigenvalue weighted by Gasteiger charge is 2.26. The van der Waals surface area contributed by atoms with Gasteiger partial charge in [-0.1, -0.05) is 36.0 Å². The lowest BCUT2D eigenvalue weighted by Gasteiger charge is -2.30. The second-order valence-corrected chi connectivity index (χ2v) is 9.04. The van der Waals surface area contributed by atoms with Crippen molar-refractivity contribution < 1.29 is 0 Å². The summed E-state index contributed by atoms with van der Waals surface area (Å²) in [4.78, 5) is 23.1. The van der Waals surface area contributed by atoms with Crippen molar-refractivity contribution >= 4 is 33.3 Å². The number of thiophene rings is 1. The van der Waals surface area contributed by atoms with Crippen LogP contribution in [-0.4, -0.2) is 32.8 Å². The minimum Gasteiger partial charge on any atom is -0.296 e. The van der Waals surface area contributed by atoms with Gasteiger partial charge >= 0.3 is 0 Å². The Morgan fingerprint density at radius 3 is 2.81 bits per heavy atom. The van der Waals surface area contributed by atoms with E-state index in [2.05, 4.69) is 25.3 Å². The minimum absolute atomic E-state index is 0.0493. The monoisotopic (exact) mass is 397 g/mol. The van der Waals surface area contributed by atoms with Gasteiger partial charge in [-0.2, -0.15) is 0 Å². The summed E-state index contributed by atoms with van der Waals surface area (Å²) < 4.78 is 1.76. The van der Waals surface area contributed by atoms with E-state index in [4.69, 9.17) is 4.98 Å². The Morgan fingerprint density at radius 1 is 1.33 bits per heavy atom. The molecule has 6 heteroatoms. The van der Waals surface area contributed by atoms with Crippen LogP contribution in [0, 0.1) is 0 Å². The van der Waals surface area contributed by atoms with E-state index in [-0.39, 0.29) is 5.56 Å². The van der Waals surface area contributed by atoms with Gasteiger partial charge in [-0.25, -0.2) is 4.98 Å². The number of thioether (sulfide) groups is 1. The van der Waals surface area contributed by atoms with Crippen LogP contribution >= 0.6 is 23.1 Å². The zero-order chi connectivity index (χ0) is 19.0. The van der Waals surface area contributed by atoms with Crippen molar-refractivity contribution in [2.24, 2.45) is 0 Å². The van der Waals surface area contributed by atoms with Crippen LogP contribution in [0.2, 0.25) is 0 Å². The summed E-state index contributed by atoms with van der Waals surface area (Å²) >= 11 is 3.23. The number of fused-ring (bicyclic) bond motifs is 3. The number of para-hydroxylation sites is 1. The molecule has 0 amide bonds. The number of rotatable bonds is 5. The molecule has 2 aromatic heterocycles. The van der Waals surface area contributed by atoms with Crippen molar-refractivity contribution in [1.82, 2.24) is 14.5 Å². The van der Waals surface area contributed by atoms with Crippen molar-refractivity contribution in [3.05, 3.63) is 63.8 Å². The molecule has 0 fully saturated rings. The Balaban J connectivity index is 1.92. The van der Waals surface area contributed by atoms with E-state index >= 15 is 0 Å². The standard InChI is InChI=1S/C21H23N3OS2/c1-4-12-26-21-22-19-18(20(25)24(21)15-8-6-5-7-9-15)16-10-11-23(14(2)3)13-17(16)27-19/h4-9,14H,1,10-13H2,2-3H3. The molecule has 1 aromatic carbocycles. The third kappa shape index (κ3) is 3.37. The van der Waals surface area contributed by atoms with E-state index in [0.29, 0.717) is 6.04 Å². The highest BCUT2D eigenvalue weighted by Crippen LogP contribution is 2.34. The molecule has 0 radical (unpaired) electrons. The maximum atomic E-state index is 13.5. The Kier molecular flexibility index (Phi) is 5.21. The summed E-state index contributed by atoms with van der Waals surface area (Å²) in [5.74, 6) is 0.719. The fourth-order valence-electron chi connectivity index (χ4n) is 3.52. The Labute approximate surface area is 167 Å². The number of hydrogen-bond acceptors (Lipinski definition) is 5. The largest absolute Gasteiger partial charge is 0.296 e. The first-order valence-corrected chi connectivity index (χ1v) is 11.0. The van der Waals surface area contributed by atoms with Gasteiger partial charge in [0.1, 0.15) is 4.83 Å². The van der Waals surface area contributed by atoms with Gasteiger partial charge in [0, 0.05) is 29.8 Å². The lowest BCUT2D eigenvalue weighted by molar-refractivity contribution is 0.206. The molecule has 1 aliphatic heterocycles. The molecule has 4 nitrogen and oxygen atoms in total. The fraction of sp³-hybridized carbons (Fsp3) is 0.333. The molecule has 4 rings (SSSR count). The summed E-state index contributed by atoms with van der Waals surface area (Å²) in [6.45, 7) is 10.2. The van der Waals surface area contributed by atoms with Gasteiger partial charge in [-0.05, 0) is 38.0 Å². The van der Waals surface area contributed by atoms with Gasteiger partial charge in [0.15, 0.2) is 5.16 Å². The smallest absolute Gasteiger partial charge is 0.267 e. The maximum Gasteiger partial charge on any atom is 0.267 e. The number of nitrogens with zero attached hydrogens (tertiary/aromatic N) is 3. The molecule has 1 aliphatic rings. The van der Waals surface area contributed by atoms with E-state index in [1.54, 1.807) is 27.7 Å². The second kappa shape index (κ2) is 7.62. The van der Waals surface area contributed by atoms with Crippen molar-refractivity contribution in [1.29, 1.82) is 0 Å². The molecular weight excluding hydrogens is 374 g/mol. The van der Waals surface area contributed by atoms with Crippen LogP contribution < -0.4 is 5.56 Å². The van der Waals surface area contributed by atoms with E-state index in [1.807, 2.05) is 36.4 Å². The van der Waals surface area contributed by atoms with Gasteiger partial charge in [0.05, 0.1) is 11.1 Å². The molecule has 0 bridgehead atoms. The van der Waals surface area contributed by atoms with E-state index in [1.165, 1.54) is 10.4 Å². The quantitative estimate of drug-likeness (QED) is 0.361. The molecule has 0 spiro atoms. The Morgan fingerprint density at radius 2 is 2.11 bits per heavy atom. The van der Waals surface area contributed by atoms with E-state index < -0.39 is 0 Å². The Bertz CT molecular complexity index is 1040. The fourth-order valence-corrected chi connectivity index (χ4v) is 5.55. The molecule has 140 valence electrons. The van der Waals surface area contributed by atoms with Crippen LogP contribution in [0.15, 0.2) is 52.9 Å². The van der Waals surface area contributed by atoms with Crippen molar-refractivity contribution in [3.63, 3.8) is 0 Å². The molecule has 27 heavy (non-hydrogen) atoms. The summed E-state index contributed by atoms with van der Waals surface area (Å²) in [7, 11) is 0. The van der Waals surface area contributed by atoms with Crippen molar-refractivity contribution in [3.8, 4) is 5.69 Å². The molecule has 0 N–H and O–H groups in total. The van der Waals surface area contributed by atoms with Gasteiger partial charge < -0.3 is 0 Å². The van der Waals surface area contributed by atoms with Gasteiger partial charge in [-0.3, -0.25) is 14.3 Å². The first kappa shape index (κ1) is 18.5. The average molecular weight is 398 g/mol. The number of aromatic nitrogens is 2. The molecule has 3 aromatic rings. The Hall–Kier alpha value is -1.89. The predicted octanol–water partition coefficient (Wildman–Crippen LogP) is 4.49.